The van der Waals surface area contributed by atoms with Gasteiger partial charge < -0.3 is 15.3 Å². The fraction of sp³-hybridized carbons (Fsp3) is 0.235. The summed E-state index contributed by atoms with van der Waals surface area (Å²) in [6.07, 6.45) is 1.73. The highest BCUT2D eigenvalue weighted by Gasteiger charge is 2.13. The van der Waals surface area contributed by atoms with Gasteiger partial charge in [-0.2, -0.15) is 0 Å². The maximum Gasteiger partial charge on any atom is 0.165 e. The Morgan fingerprint density at radius 3 is 2.74 bits per heavy atom. The van der Waals surface area contributed by atoms with Crippen molar-refractivity contribution in [3.8, 4) is 5.75 Å². The van der Waals surface area contributed by atoms with E-state index < -0.39 is 0 Å². The molecule has 2 heterocycles. The van der Waals surface area contributed by atoms with Crippen molar-refractivity contribution < 1.29 is 5.11 Å². The second-order valence-corrected chi connectivity index (χ2v) is 5.35. The minimum absolute atomic E-state index is 0.284. The van der Waals surface area contributed by atoms with Crippen molar-refractivity contribution in [2.24, 2.45) is 0 Å². The summed E-state index contributed by atoms with van der Waals surface area (Å²) in [5, 5.41) is 13.9. The Hall–Kier alpha value is -2.73. The van der Waals surface area contributed by atoms with Crippen LogP contribution in [0.1, 0.15) is 11.4 Å². The topological polar surface area (TPSA) is 74.2 Å². The van der Waals surface area contributed by atoms with Crippen LogP contribution in [0.25, 0.3) is 11.0 Å². The molecule has 0 radical (unpaired) electrons. The molecule has 1 aromatic carbocycles. The van der Waals surface area contributed by atoms with Gasteiger partial charge >= 0.3 is 0 Å². The van der Waals surface area contributed by atoms with Crippen LogP contribution in [0, 0.1) is 0 Å². The van der Waals surface area contributed by atoms with Gasteiger partial charge in [-0.25, -0.2) is 15.0 Å². The van der Waals surface area contributed by atoms with E-state index in [1.807, 2.05) is 49.3 Å². The first-order valence-corrected chi connectivity index (χ1v) is 7.43. The van der Waals surface area contributed by atoms with Crippen molar-refractivity contribution >= 4 is 16.9 Å². The second-order valence-electron chi connectivity index (χ2n) is 5.35. The third-order valence-electron chi connectivity index (χ3n) is 3.59. The van der Waals surface area contributed by atoms with Crippen molar-refractivity contribution in [1.82, 2.24) is 20.3 Å². The lowest BCUT2D eigenvalue weighted by Crippen LogP contribution is -2.20. The standard InChI is InChI=1S/C17H19N5O/c1-18-10-15-20-16-13(7-5-9-19-16)17(21-15)22(2)11-12-6-3-4-8-14(12)23/h3-9,18,23H,10-11H2,1-2H3. The van der Waals surface area contributed by atoms with Gasteiger partial charge in [-0.05, 0) is 25.2 Å². The zero-order chi connectivity index (χ0) is 16.2. The summed E-state index contributed by atoms with van der Waals surface area (Å²) in [6.45, 7) is 1.12. The normalized spacial score (nSPS) is 10.9. The lowest BCUT2D eigenvalue weighted by Gasteiger charge is -2.21. The number of aromatic hydroxyl groups is 1. The van der Waals surface area contributed by atoms with Gasteiger partial charge in [-0.1, -0.05) is 18.2 Å². The number of anilines is 1. The van der Waals surface area contributed by atoms with Crippen molar-refractivity contribution in [2.75, 3.05) is 19.0 Å². The molecule has 0 aliphatic heterocycles. The van der Waals surface area contributed by atoms with Crippen LogP contribution in [0.5, 0.6) is 5.75 Å². The smallest absolute Gasteiger partial charge is 0.165 e. The van der Waals surface area contributed by atoms with E-state index in [2.05, 4.69) is 20.3 Å². The van der Waals surface area contributed by atoms with E-state index in [0.29, 0.717) is 24.6 Å². The molecule has 2 aromatic heterocycles. The summed E-state index contributed by atoms with van der Waals surface area (Å²) in [6, 6.07) is 11.2. The number of nitrogens with zero attached hydrogens (tertiary/aromatic N) is 4. The summed E-state index contributed by atoms with van der Waals surface area (Å²) in [7, 11) is 3.81. The van der Waals surface area contributed by atoms with Crippen LogP contribution in [0.15, 0.2) is 42.6 Å². The molecule has 0 aliphatic rings. The van der Waals surface area contributed by atoms with E-state index in [4.69, 9.17) is 0 Å². The molecule has 0 bridgehead atoms. The summed E-state index contributed by atoms with van der Waals surface area (Å²) in [5.41, 5.74) is 1.52. The van der Waals surface area contributed by atoms with Gasteiger partial charge in [0.05, 0.1) is 11.9 Å². The molecule has 0 atom stereocenters. The van der Waals surface area contributed by atoms with Gasteiger partial charge in [0, 0.05) is 25.4 Å². The molecule has 2 N–H and O–H groups in total. The van der Waals surface area contributed by atoms with Crippen LogP contribution in [0.4, 0.5) is 5.82 Å². The molecule has 0 amide bonds. The Kier molecular flexibility index (Phi) is 4.34. The van der Waals surface area contributed by atoms with Crippen molar-refractivity contribution in [3.05, 3.63) is 54.0 Å². The van der Waals surface area contributed by atoms with E-state index in [0.717, 1.165) is 16.8 Å². The Balaban J connectivity index is 2.01. The quantitative estimate of drug-likeness (QED) is 0.752. The molecule has 0 unspecified atom stereocenters. The Morgan fingerprint density at radius 2 is 1.96 bits per heavy atom. The van der Waals surface area contributed by atoms with Crippen LogP contribution in [-0.4, -0.2) is 34.2 Å². The minimum Gasteiger partial charge on any atom is -0.508 e. The van der Waals surface area contributed by atoms with Gasteiger partial charge in [0.2, 0.25) is 0 Å². The average Bonchev–Trinajstić information content (AvgIpc) is 2.56. The number of hydrogen-bond donors (Lipinski definition) is 2. The van der Waals surface area contributed by atoms with Crippen LogP contribution in [-0.2, 0) is 13.1 Å². The molecule has 0 saturated heterocycles. The maximum absolute atomic E-state index is 9.98. The van der Waals surface area contributed by atoms with Gasteiger partial charge in [0.25, 0.3) is 0 Å². The fourth-order valence-corrected chi connectivity index (χ4v) is 2.49. The highest BCUT2D eigenvalue weighted by atomic mass is 16.3. The maximum atomic E-state index is 9.98. The molecule has 3 rings (SSSR count). The Bertz CT molecular complexity index is 821. The zero-order valence-corrected chi connectivity index (χ0v) is 13.2. The average molecular weight is 309 g/mol. The third-order valence-corrected chi connectivity index (χ3v) is 3.59. The molecular weight excluding hydrogens is 290 g/mol. The second kappa shape index (κ2) is 6.58. The highest BCUT2D eigenvalue weighted by Crippen LogP contribution is 2.25. The van der Waals surface area contributed by atoms with E-state index in [-0.39, 0.29) is 5.75 Å². The lowest BCUT2D eigenvalue weighted by molar-refractivity contribution is 0.467. The summed E-state index contributed by atoms with van der Waals surface area (Å²) in [4.78, 5) is 15.5. The van der Waals surface area contributed by atoms with E-state index in [1.165, 1.54) is 0 Å². The van der Waals surface area contributed by atoms with Crippen molar-refractivity contribution in [2.45, 2.75) is 13.1 Å². The summed E-state index contributed by atoms with van der Waals surface area (Å²) < 4.78 is 0. The zero-order valence-electron chi connectivity index (χ0n) is 13.2. The minimum atomic E-state index is 0.284. The molecule has 3 aromatic rings. The number of hydrogen-bond acceptors (Lipinski definition) is 6. The summed E-state index contributed by atoms with van der Waals surface area (Å²) in [5.74, 6) is 1.78. The van der Waals surface area contributed by atoms with Gasteiger partial charge in [-0.15, -0.1) is 0 Å². The van der Waals surface area contributed by atoms with Crippen LogP contribution >= 0.6 is 0 Å². The van der Waals surface area contributed by atoms with E-state index >= 15 is 0 Å². The number of nitrogens with one attached hydrogen (secondary N) is 1. The van der Waals surface area contributed by atoms with Crippen LogP contribution in [0.3, 0.4) is 0 Å². The van der Waals surface area contributed by atoms with E-state index in [9.17, 15) is 5.11 Å². The fourth-order valence-electron chi connectivity index (χ4n) is 2.49. The van der Waals surface area contributed by atoms with Crippen LogP contribution < -0.4 is 10.2 Å². The number of rotatable bonds is 5. The number of phenolic OH excluding ortho intramolecular Hbond substituents is 1. The first kappa shape index (κ1) is 15.2. The molecule has 6 nitrogen and oxygen atoms in total. The number of fused-ring (bicyclic) bond motifs is 1. The highest BCUT2D eigenvalue weighted by molar-refractivity contribution is 5.86. The predicted octanol–water partition coefficient (Wildman–Crippen LogP) is 2.09. The van der Waals surface area contributed by atoms with Crippen LogP contribution in [0.2, 0.25) is 0 Å². The lowest BCUT2D eigenvalue weighted by atomic mass is 10.2. The number of phenols is 1. The molecule has 0 spiro atoms. The molecule has 0 fully saturated rings. The molecule has 0 saturated carbocycles. The van der Waals surface area contributed by atoms with E-state index in [1.54, 1.807) is 12.3 Å². The SMILES string of the molecule is CNCc1nc(N(C)Cc2ccccc2O)c2cccnc2n1. The number of benzene rings is 1. The monoisotopic (exact) mass is 309 g/mol. The third kappa shape index (κ3) is 3.22. The first-order chi connectivity index (χ1) is 11.2. The predicted molar refractivity (Wildman–Crippen MR) is 90.3 cm³/mol. The number of para-hydroxylation sites is 1. The molecule has 6 heteroatoms. The summed E-state index contributed by atoms with van der Waals surface area (Å²) >= 11 is 0. The van der Waals surface area contributed by atoms with Gasteiger partial charge in [0.1, 0.15) is 17.4 Å². The molecule has 0 aliphatic carbocycles. The number of pyridine rings is 1. The first-order valence-electron chi connectivity index (χ1n) is 7.43. The number of aromatic nitrogens is 3. The van der Waals surface area contributed by atoms with Gasteiger partial charge in [0.15, 0.2) is 5.65 Å². The molecule has 23 heavy (non-hydrogen) atoms. The Labute approximate surface area is 134 Å². The largest absolute Gasteiger partial charge is 0.508 e. The molecular formula is C17H19N5O. The van der Waals surface area contributed by atoms with Crippen molar-refractivity contribution in [1.29, 1.82) is 0 Å². The van der Waals surface area contributed by atoms with Gasteiger partial charge in [-0.3, -0.25) is 0 Å². The Morgan fingerprint density at radius 1 is 1.13 bits per heavy atom. The molecule has 118 valence electrons. The van der Waals surface area contributed by atoms with Crippen molar-refractivity contribution in [3.63, 3.8) is 0 Å².